The lowest BCUT2D eigenvalue weighted by atomic mass is 10.1. The fraction of sp³-hybridized carbons (Fsp3) is 0.333. The maximum atomic E-state index is 12.1. The Kier molecular flexibility index (Phi) is 5.06. The topological polar surface area (TPSA) is 72.0 Å². The first-order valence-corrected chi connectivity index (χ1v) is 9.86. The monoisotopic (exact) mass is 347 g/mol. The first-order chi connectivity index (χ1) is 11.6. The highest BCUT2D eigenvalue weighted by Gasteiger charge is 2.40. The third kappa shape index (κ3) is 4.27. The van der Waals surface area contributed by atoms with Crippen LogP contribution in [0.5, 0.6) is 5.75 Å². The smallest absolute Gasteiger partial charge is 0.158 e. The second-order valence-electron chi connectivity index (χ2n) is 6.15. The van der Waals surface area contributed by atoms with Crippen LogP contribution in [0.15, 0.2) is 54.6 Å². The van der Waals surface area contributed by atoms with Gasteiger partial charge in [0, 0.05) is 11.3 Å². The summed E-state index contributed by atoms with van der Waals surface area (Å²) in [4.78, 5) is 0. The predicted molar refractivity (Wildman–Crippen MR) is 94.9 cm³/mol. The van der Waals surface area contributed by atoms with Crippen LogP contribution in [0.25, 0.3) is 0 Å². The van der Waals surface area contributed by atoms with Crippen LogP contribution >= 0.6 is 0 Å². The van der Waals surface area contributed by atoms with E-state index in [2.05, 4.69) is 22.8 Å². The first kappa shape index (κ1) is 16.8. The highest BCUT2D eigenvalue weighted by Crippen LogP contribution is 2.19. The molecular formula is C18H23N2O3S+. The van der Waals surface area contributed by atoms with Gasteiger partial charge in [-0.25, -0.2) is 8.42 Å². The molecule has 128 valence electrons. The van der Waals surface area contributed by atoms with Crippen LogP contribution in [0.4, 0.5) is 5.69 Å². The number of nitrogens with one attached hydrogen (secondary N) is 1. The van der Waals surface area contributed by atoms with E-state index in [-0.39, 0.29) is 23.6 Å². The SMILES string of the molecule is COc1ccc(N[C@@H]2CS(=O)(=O)C[C@H]2[NH2+]Cc2ccccc2)cc1. The van der Waals surface area contributed by atoms with Gasteiger partial charge in [0.05, 0.1) is 18.9 Å². The second kappa shape index (κ2) is 7.23. The van der Waals surface area contributed by atoms with Crippen LogP contribution < -0.4 is 15.4 Å². The van der Waals surface area contributed by atoms with E-state index in [4.69, 9.17) is 4.74 Å². The molecule has 0 radical (unpaired) electrons. The van der Waals surface area contributed by atoms with E-state index in [9.17, 15) is 8.42 Å². The van der Waals surface area contributed by atoms with Crippen molar-refractivity contribution < 1.29 is 18.5 Å². The molecule has 3 N–H and O–H groups in total. The van der Waals surface area contributed by atoms with E-state index in [1.54, 1.807) is 7.11 Å². The van der Waals surface area contributed by atoms with Crippen molar-refractivity contribution in [3.05, 3.63) is 60.2 Å². The number of anilines is 1. The highest BCUT2D eigenvalue weighted by atomic mass is 32.2. The molecule has 24 heavy (non-hydrogen) atoms. The van der Waals surface area contributed by atoms with Gasteiger partial charge in [-0.2, -0.15) is 0 Å². The molecular weight excluding hydrogens is 324 g/mol. The van der Waals surface area contributed by atoms with Gasteiger partial charge in [-0.3, -0.25) is 0 Å². The molecule has 6 heteroatoms. The lowest BCUT2D eigenvalue weighted by molar-refractivity contribution is -0.700. The molecule has 1 aliphatic rings. The summed E-state index contributed by atoms with van der Waals surface area (Å²) in [6, 6.07) is 17.6. The Morgan fingerprint density at radius 1 is 1.08 bits per heavy atom. The summed E-state index contributed by atoms with van der Waals surface area (Å²) in [7, 11) is -1.37. The van der Waals surface area contributed by atoms with Crippen LogP contribution in [-0.4, -0.2) is 39.1 Å². The third-order valence-corrected chi connectivity index (χ3v) is 6.10. The molecule has 2 aromatic carbocycles. The number of hydrogen-bond acceptors (Lipinski definition) is 4. The molecule has 3 rings (SSSR count). The standard InChI is InChI=1S/C18H22N2O3S/c1-23-16-9-7-15(8-10-16)20-18-13-24(21,22)12-17(18)19-11-14-5-3-2-4-6-14/h2-10,17-20H,11-13H2,1H3/p+1/t17-,18-/m1/s1. The highest BCUT2D eigenvalue weighted by molar-refractivity contribution is 7.91. The summed E-state index contributed by atoms with van der Waals surface area (Å²) in [5.41, 5.74) is 2.11. The fourth-order valence-corrected chi connectivity index (χ4v) is 5.03. The molecule has 1 saturated heterocycles. The zero-order valence-corrected chi connectivity index (χ0v) is 14.5. The van der Waals surface area contributed by atoms with E-state index in [1.807, 2.05) is 42.5 Å². The Hall–Kier alpha value is -2.05. The molecule has 0 aliphatic carbocycles. The van der Waals surface area contributed by atoms with Gasteiger partial charge in [-0.1, -0.05) is 30.3 Å². The minimum Gasteiger partial charge on any atom is -0.497 e. The zero-order chi connectivity index (χ0) is 17.0. The molecule has 2 atom stereocenters. The number of rotatable bonds is 6. The molecule has 0 aromatic heterocycles. The molecule has 0 bridgehead atoms. The van der Waals surface area contributed by atoms with Crippen molar-refractivity contribution in [2.75, 3.05) is 23.9 Å². The number of benzene rings is 2. The van der Waals surface area contributed by atoms with Crippen LogP contribution in [0, 0.1) is 0 Å². The molecule has 0 spiro atoms. The van der Waals surface area contributed by atoms with Crippen molar-refractivity contribution in [2.45, 2.75) is 18.6 Å². The van der Waals surface area contributed by atoms with Gasteiger partial charge in [0.15, 0.2) is 9.84 Å². The minimum absolute atomic E-state index is 0.0114. The molecule has 1 aliphatic heterocycles. The summed E-state index contributed by atoms with van der Waals surface area (Å²) in [6.07, 6.45) is 0. The van der Waals surface area contributed by atoms with Gasteiger partial charge in [-0.05, 0) is 24.3 Å². The summed E-state index contributed by atoms with van der Waals surface area (Å²) in [6.45, 7) is 0.780. The number of methoxy groups -OCH3 is 1. The van der Waals surface area contributed by atoms with Gasteiger partial charge in [-0.15, -0.1) is 0 Å². The lowest BCUT2D eigenvalue weighted by Gasteiger charge is -2.19. The van der Waals surface area contributed by atoms with Gasteiger partial charge in [0.1, 0.15) is 24.1 Å². The third-order valence-electron chi connectivity index (χ3n) is 4.34. The van der Waals surface area contributed by atoms with E-state index in [0.29, 0.717) is 0 Å². The average Bonchev–Trinajstić information content (AvgIpc) is 2.88. The van der Waals surface area contributed by atoms with Crippen LogP contribution in [0.1, 0.15) is 5.56 Å². The Labute approximate surface area is 143 Å². The fourth-order valence-electron chi connectivity index (χ4n) is 3.06. The quantitative estimate of drug-likeness (QED) is 0.819. The number of hydrogen-bond donors (Lipinski definition) is 2. The van der Waals surface area contributed by atoms with Crippen molar-refractivity contribution in [2.24, 2.45) is 0 Å². The number of ether oxygens (including phenoxy) is 1. The van der Waals surface area contributed by atoms with Crippen LogP contribution in [0.2, 0.25) is 0 Å². The Balaban J connectivity index is 1.66. The normalized spacial score (nSPS) is 22.2. The summed E-state index contributed by atoms with van der Waals surface area (Å²) in [5.74, 6) is 1.18. The average molecular weight is 347 g/mol. The summed E-state index contributed by atoms with van der Waals surface area (Å²) < 4.78 is 29.3. The van der Waals surface area contributed by atoms with Crippen molar-refractivity contribution in [1.29, 1.82) is 0 Å². The molecule has 1 fully saturated rings. The van der Waals surface area contributed by atoms with Crippen molar-refractivity contribution >= 4 is 15.5 Å². The van der Waals surface area contributed by atoms with E-state index >= 15 is 0 Å². The van der Waals surface area contributed by atoms with E-state index < -0.39 is 9.84 Å². The summed E-state index contributed by atoms with van der Waals surface area (Å²) in [5, 5.41) is 5.49. The number of sulfone groups is 1. The molecule has 0 amide bonds. The van der Waals surface area contributed by atoms with Gasteiger partial charge < -0.3 is 15.4 Å². The first-order valence-electron chi connectivity index (χ1n) is 8.04. The molecule has 0 saturated carbocycles. The lowest BCUT2D eigenvalue weighted by Crippen LogP contribution is -2.91. The van der Waals surface area contributed by atoms with Crippen molar-refractivity contribution in [3.63, 3.8) is 0 Å². The number of nitrogens with two attached hydrogens (primary N) is 1. The van der Waals surface area contributed by atoms with Crippen LogP contribution in [0.3, 0.4) is 0 Å². The van der Waals surface area contributed by atoms with E-state index in [1.165, 1.54) is 5.56 Å². The van der Waals surface area contributed by atoms with Gasteiger partial charge in [0.25, 0.3) is 0 Å². The largest absolute Gasteiger partial charge is 0.497 e. The second-order valence-corrected chi connectivity index (χ2v) is 8.30. The molecule has 1 heterocycles. The van der Waals surface area contributed by atoms with E-state index in [0.717, 1.165) is 18.0 Å². The molecule has 0 unspecified atom stereocenters. The Morgan fingerprint density at radius 3 is 2.46 bits per heavy atom. The molecule has 5 nitrogen and oxygen atoms in total. The summed E-state index contributed by atoms with van der Waals surface area (Å²) >= 11 is 0. The molecule has 2 aromatic rings. The number of quaternary nitrogens is 1. The predicted octanol–water partition coefficient (Wildman–Crippen LogP) is 1.04. The minimum atomic E-state index is -3.00. The van der Waals surface area contributed by atoms with Crippen molar-refractivity contribution in [3.8, 4) is 5.75 Å². The van der Waals surface area contributed by atoms with Crippen LogP contribution in [-0.2, 0) is 16.4 Å². The van der Waals surface area contributed by atoms with Gasteiger partial charge in [0.2, 0.25) is 0 Å². The maximum Gasteiger partial charge on any atom is 0.158 e. The van der Waals surface area contributed by atoms with Crippen molar-refractivity contribution in [1.82, 2.24) is 0 Å². The maximum absolute atomic E-state index is 12.1. The Bertz CT molecular complexity index is 761. The zero-order valence-electron chi connectivity index (χ0n) is 13.7. The Morgan fingerprint density at radius 2 is 1.79 bits per heavy atom. The van der Waals surface area contributed by atoms with Gasteiger partial charge >= 0.3 is 0 Å².